The van der Waals surface area contributed by atoms with E-state index in [0.717, 1.165) is 27.4 Å². The zero-order valence-electron chi connectivity index (χ0n) is 13.0. The van der Waals surface area contributed by atoms with Crippen molar-refractivity contribution in [2.45, 2.75) is 33.1 Å². The Morgan fingerprint density at radius 3 is 2.48 bits per heavy atom. The average Bonchev–Trinajstić information content (AvgIpc) is 2.41. The Hall–Kier alpha value is -1.62. The van der Waals surface area contributed by atoms with E-state index in [-0.39, 0.29) is 5.41 Å². The Bertz CT molecular complexity index is 650. The van der Waals surface area contributed by atoms with Gasteiger partial charge in [0.15, 0.2) is 0 Å². The molecule has 0 atom stereocenters. The average molecular weight is 350 g/mol. The normalized spacial score (nSPS) is 11.3. The molecule has 0 spiro atoms. The molecule has 2 aromatic rings. The van der Waals surface area contributed by atoms with Gasteiger partial charge in [-0.25, -0.2) is 4.98 Å². The van der Waals surface area contributed by atoms with Crippen molar-refractivity contribution in [3.8, 4) is 11.6 Å². The Balaban J connectivity index is 2.42. The molecule has 1 N–H and O–H groups in total. The number of nitrogens with one attached hydrogen (secondary N) is 1. The SMILES string of the molecule is CNc1cc(Oc2cc(Br)ccc2C)nc(C(C)(C)C)n1. The Labute approximate surface area is 134 Å². The van der Waals surface area contributed by atoms with Gasteiger partial charge >= 0.3 is 0 Å². The zero-order chi connectivity index (χ0) is 15.6. The van der Waals surface area contributed by atoms with Gasteiger partial charge in [-0.15, -0.1) is 0 Å². The predicted octanol–water partition coefficient (Wildman–Crippen LogP) is 4.68. The molecule has 0 unspecified atom stereocenters. The third kappa shape index (κ3) is 3.94. The number of aryl methyl sites for hydroxylation is 1. The maximum absolute atomic E-state index is 5.95. The molecule has 0 fully saturated rings. The first-order chi connectivity index (χ1) is 9.79. The molecule has 1 aromatic carbocycles. The van der Waals surface area contributed by atoms with Crippen molar-refractivity contribution < 1.29 is 4.74 Å². The van der Waals surface area contributed by atoms with Gasteiger partial charge in [-0.3, -0.25) is 0 Å². The summed E-state index contributed by atoms with van der Waals surface area (Å²) in [6.45, 7) is 8.24. The Morgan fingerprint density at radius 1 is 1.14 bits per heavy atom. The molecule has 1 heterocycles. The standard InChI is InChI=1S/C16H20BrN3O/c1-10-6-7-11(17)8-12(10)21-14-9-13(18-5)19-15(20-14)16(2,3)4/h6-9H,1-5H3,(H,18,19,20). The van der Waals surface area contributed by atoms with Crippen LogP contribution in [0.25, 0.3) is 0 Å². The number of rotatable bonds is 3. The van der Waals surface area contributed by atoms with Crippen molar-refractivity contribution >= 4 is 21.7 Å². The smallest absolute Gasteiger partial charge is 0.224 e. The van der Waals surface area contributed by atoms with E-state index in [9.17, 15) is 0 Å². The lowest BCUT2D eigenvalue weighted by Crippen LogP contribution is -2.17. The lowest BCUT2D eigenvalue weighted by atomic mass is 9.96. The Kier molecular flexibility index (Phi) is 4.52. The highest BCUT2D eigenvalue weighted by Gasteiger charge is 2.19. The quantitative estimate of drug-likeness (QED) is 0.873. The van der Waals surface area contributed by atoms with Crippen LogP contribution in [0.3, 0.4) is 0 Å². The van der Waals surface area contributed by atoms with Gasteiger partial charge in [0.1, 0.15) is 17.4 Å². The molecule has 0 bridgehead atoms. The van der Waals surface area contributed by atoms with Gasteiger partial charge < -0.3 is 10.1 Å². The lowest BCUT2D eigenvalue weighted by molar-refractivity contribution is 0.443. The highest BCUT2D eigenvalue weighted by Crippen LogP contribution is 2.29. The number of benzene rings is 1. The fraction of sp³-hybridized carbons (Fsp3) is 0.375. The van der Waals surface area contributed by atoms with Crippen LogP contribution < -0.4 is 10.1 Å². The van der Waals surface area contributed by atoms with E-state index in [2.05, 4.69) is 52.0 Å². The number of nitrogens with zero attached hydrogens (tertiary/aromatic N) is 2. The van der Waals surface area contributed by atoms with Gasteiger partial charge in [-0.05, 0) is 24.6 Å². The summed E-state index contributed by atoms with van der Waals surface area (Å²) in [5.41, 5.74) is 0.914. The van der Waals surface area contributed by atoms with Crippen LogP contribution in [0.5, 0.6) is 11.6 Å². The Morgan fingerprint density at radius 2 is 1.86 bits per heavy atom. The topological polar surface area (TPSA) is 47.0 Å². The molecule has 1 aromatic heterocycles. The molecule has 0 radical (unpaired) electrons. The number of hydrogen-bond acceptors (Lipinski definition) is 4. The molecule has 5 heteroatoms. The summed E-state index contributed by atoms with van der Waals surface area (Å²) in [5.74, 6) is 2.82. The minimum absolute atomic E-state index is 0.142. The summed E-state index contributed by atoms with van der Waals surface area (Å²) in [4.78, 5) is 9.02. The van der Waals surface area contributed by atoms with E-state index in [1.807, 2.05) is 32.2 Å². The number of anilines is 1. The highest BCUT2D eigenvalue weighted by atomic mass is 79.9. The number of halogens is 1. The van der Waals surface area contributed by atoms with Gasteiger partial charge in [0.25, 0.3) is 0 Å². The fourth-order valence-corrected chi connectivity index (χ4v) is 2.08. The van der Waals surface area contributed by atoms with Crippen LogP contribution >= 0.6 is 15.9 Å². The van der Waals surface area contributed by atoms with Crippen LogP contribution in [0, 0.1) is 6.92 Å². The summed E-state index contributed by atoms with van der Waals surface area (Å²) < 4.78 is 6.92. The predicted molar refractivity (Wildman–Crippen MR) is 89.2 cm³/mol. The van der Waals surface area contributed by atoms with E-state index in [1.54, 1.807) is 6.07 Å². The zero-order valence-corrected chi connectivity index (χ0v) is 14.6. The fourth-order valence-electron chi connectivity index (χ4n) is 1.74. The first-order valence-corrected chi connectivity index (χ1v) is 7.60. The molecule has 112 valence electrons. The molecule has 0 amide bonds. The first-order valence-electron chi connectivity index (χ1n) is 6.81. The van der Waals surface area contributed by atoms with Crippen LogP contribution in [0.4, 0.5) is 5.82 Å². The number of hydrogen-bond donors (Lipinski definition) is 1. The van der Waals surface area contributed by atoms with E-state index in [4.69, 9.17) is 4.74 Å². The molecule has 2 rings (SSSR count). The van der Waals surface area contributed by atoms with Crippen LogP contribution in [-0.2, 0) is 5.41 Å². The van der Waals surface area contributed by atoms with Crippen LogP contribution in [0.2, 0.25) is 0 Å². The molecule has 4 nitrogen and oxygen atoms in total. The number of ether oxygens (including phenoxy) is 1. The molecule has 0 saturated heterocycles. The monoisotopic (exact) mass is 349 g/mol. The van der Waals surface area contributed by atoms with E-state index < -0.39 is 0 Å². The second kappa shape index (κ2) is 6.02. The van der Waals surface area contributed by atoms with Crippen molar-refractivity contribution in [2.75, 3.05) is 12.4 Å². The molecule has 21 heavy (non-hydrogen) atoms. The van der Waals surface area contributed by atoms with Crippen molar-refractivity contribution in [3.63, 3.8) is 0 Å². The van der Waals surface area contributed by atoms with Crippen molar-refractivity contribution in [3.05, 3.63) is 40.1 Å². The van der Waals surface area contributed by atoms with E-state index in [0.29, 0.717) is 5.88 Å². The molecular weight excluding hydrogens is 330 g/mol. The third-order valence-electron chi connectivity index (χ3n) is 2.99. The van der Waals surface area contributed by atoms with Crippen molar-refractivity contribution in [1.29, 1.82) is 0 Å². The molecule has 0 aliphatic rings. The van der Waals surface area contributed by atoms with Gasteiger partial charge in [-0.2, -0.15) is 4.98 Å². The molecular formula is C16H20BrN3O. The maximum Gasteiger partial charge on any atom is 0.224 e. The molecule has 0 saturated carbocycles. The lowest BCUT2D eigenvalue weighted by Gasteiger charge is -2.18. The molecule has 0 aliphatic carbocycles. The summed E-state index contributed by atoms with van der Waals surface area (Å²) in [7, 11) is 1.84. The molecule has 0 aliphatic heterocycles. The maximum atomic E-state index is 5.95. The first kappa shape index (κ1) is 15.8. The van der Waals surface area contributed by atoms with E-state index in [1.165, 1.54) is 0 Å². The highest BCUT2D eigenvalue weighted by molar-refractivity contribution is 9.10. The largest absolute Gasteiger partial charge is 0.439 e. The van der Waals surface area contributed by atoms with Crippen LogP contribution in [-0.4, -0.2) is 17.0 Å². The summed E-state index contributed by atoms with van der Waals surface area (Å²) in [6.07, 6.45) is 0. The van der Waals surface area contributed by atoms with Gasteiger partial charge in [0, 0.05) is 23.0 Å². The van der Waals surface area contributed by atoms with Crippen LogP contribution in [0.1, 0.15) is 32.2 Å². The number of aromatic nitrogens is 2. The summed E-state index contributed by atoms with van der Waals surface area (Å²) >= 11 is 3.46. The summed E-state index contributed by atoms with van der Waals surface area (Å²) in [6, 6.07) is 7.73. The van der Waals surface area contributed by atoms with Crippen LogP contribution in [0.15, 0.2) is 28.7 Å². The minimum atomic E-state index is -0.142. The third-order valence-corrected chi connectivity index (χ3v) is 3.49. The van der Waals surface area contributed by atoms with Gasteiger partial charge in [0.05, 0.1) is 0 Å². The van der Waals surface area contributed by atoms with E-state index >= 15 is 0 Å². The van der Waals surface area contributed by atoms with Crippen molar-refractivity contribution in [1.82, 2.24) is 9.97 Å². The second-order valence-electron chi connectivity index (χ2n) is 5.93. The van der Waals surface area contributed by atoms with Gasteiger partial charge in [0.2, 0.25) is 5.88 Å². The summed E-state index contributed by atoms with van der Waals surface area (Å²) in [5, 5.41) is 3.05. The second-order valence-corrected chi connectivity index (χ2v) is 6.84. The van der Waals surface area contributed by atoms with Crippen molar-refractivity contribution in [2.24, 2.45) is 0 Å². The van der Waals surface area contributed by atoms with Gasteiger partial charge in [-0.1, -0.05) is 42.8 Å². The minimum Gasteiger partial charge on any atom is -0.439 e.